The zero-order chi connectivity index (χ0) is 22.0. The summed E-state index contributed by atoms with van der Waals surface area (Å²) in [6, 6.07) is 7.15. The topological polar surface area (TPSA) is 86.6 Å². The number of carbonyl (C=O) groups excluding carboxylic acids is 1. The lowest BCUT2D eigenvalue weighted by Gasteiger charge is -2.36. The number of hydrogen-bond donors (Lipinski definition) is 0. The molecule has 2 aromatic heterocycles. The summed E-state index contributed by atoms with van der Waals surface area (Å²) < 4.78 is 12.1. The van der Waals surface area contributed by atoms with Gasteiger partial charge in [-0.25, -0.2) is 4.98 Å². The summed E-state index contributed by atoms with van der Waals surface area (Å²) in [5, 5.41) is 0.388. The molecule has 1 aromatic carbocycles. The van der Waals surface area contributed by atoms with Crippen molar-refractivity contribution in [2.75, 3.05) is 20.8 Å². The molecule has 0 unspecified atom stereocenters. The van der Waals surface area contributed by atoms with Gasteiger partial charge in [-0.05, 0) is 43.9 Å². The van der Waals surface area contributed by atoms with E-state index >= 15 is 0 Å². The van der Waals surface area contributed by atoms with Gasteiger partial charge >= 0.3 is 0 Å². The summed E-state index contributed by atoms with van der Waals surface area (Å²) in [5.74, 6) is 1.33. The molecule has 0 bridgehead atoms. The van der Waals surface area contributed by atoms with Gasteiger partial charge in [0, 0.05) is 25.0 Å². The highest BCUT2D eigenvalue weighted by Crippen LogP contribution is 2.32. The molecule has 3 aromatic rings. The van der Waals surface area contributed by atoms with Gasteiger partial charge in [0.25, 0.3) is 5.56 Å². The zero-order valence-electron chi connectivity index (χ0n) is 18.0. The van der Waals surface area contributed by atoms with Crippen LogP contribution in [0, 0.1) is 6.92 Å². The van der Waals surface area contributed by atoms with E-state index in [2.05, 4.69) is 9.97 Å². The van der Waals surface area contributed by atoms with Crippen LogP contribution in [-0.4, -0.2) is 46.1 Å². The Bertz CT molecular complexity index is 1160. The predicted molar refractivity (Wildman–Crippen MR) is 116 cm³/mol. The number of ether oxygens (including phenoxy) is 2. The smallest absolute Gasteiger partial charge is 0.262 e. The van der Waals surface area contributed by atoms with Crippen LogP contribution >= 0.6 is 0 Å². The highest BCUT2D eigenvalue weighted by molar-refractivity contribution is 5.83. The van der Waals surface area contributed by atoms with Gasteiger partial charge in [0.2, 0.25) is 5.91 Å². The van der Waals surface area contributed by atoms with Crippen LogP contribution in [0.2, 0.25) is 0 Å². The largest absolute Gasteiger partial charge is 0.493 e. The highest BCUT2D eigenvalue weighted by atomic mass is 16.5. The Morgan fingerprint density at radius 3 is 2.68 bits per heavy atom. The minimum atomic E-state index is -0.272. The maximum atomic E-state index is 13.3. The fourth-order valence-corrected chi connectivity index (χ4v) is 4.22. The molecular weight excluding hydrogens is 396 g/mol. The number of aryl methyl sites for hydroxylation is 1. The van der Waals surface area contributed by atoms with Crippen molar-refractivity contribution >= 4 is 16.8 Å². The van der Waals surface area contributed by atoms with E-state index in [4.69, 9.17) is 9.47 Å². The van der Waals surface area contributed by atoms with Gasteiger partial charge in [-0.3, -0.25) is 19.1 Å². The molecule has 8 nitrogen and oxygen atoms in total. The van der Waals surface area contributed by atoms with Crippen molar-refractivity contribution < 1.29 is 14.3 Å². The molecular formula is C23H26N4O4. The maximum Gasteiger partial charge on any atom is 0.262 e. The first-order valence-electron chi connectivity index (χ1n) is 10.4. The fourth-order valence-electron chi connectivity index (χ4n) is 4.22. The van der Waals surface area contributed by atoms with E-state index in [-0.39, 0.29) is 24.1 Å². The fraction of sp³-hybridized carbons (Fsp3) is 0.391. The van der Waals surface area contributed by atoms with Crippen molar-refractivity contribution in [1.29, 1.82) is 0 Å². The molecule has 0 N–H and O–H groups in total. The van der Waals surface area contributed by atoms with Crippen LogP contribution in [0.1, 0.15) is 36.7 Å². The number of rotatable bonds is 5. The van der Waals surface area contributed by atoms with Gasteiger partial charge in [-0.1, -0.05) is 6.07 Å². The lowest BCUT2D eigenvalue weighted by atomic mass is 9.96. The van der Waals surface area contributed by atoms with Crippen molar-refractivity contribution in [3.63, 3.8) is 0 Å². The number of hydrogen-bond acceptors (Lipinski definition) is 6. The predicted octanol–water partition coefficient (Wildman–Crippen LogP) is 2.87. The quantitative estimate of drug-likeness (QED) is 0.628. The molecule has 1 saturated heterocycles. The van der Waals surface area contributed by atoms with Gasteiger partial charge in [-0.15, -0.1) is 0 Å². The number of aromatic nitrogens is 3. The minimum absolute atomic E-state index is 0.0243. The van der Waals surface area contributed by atoms with Crippen LogP contribution in [0.3, 0.4) is 0 Å². The van der Waals surface area contributed by atoms with Gasteiger partial charge in [0.1, 0.15) is 12.4 Å². The summed E-state index contributed by atoms with van der Waals surface area (Å²) in [6.07, 6.45) is 6.43. The Balaban J connectivity index is 1.68. The van der Waals surface area contributed by atoms with Crippen LogP contribution in [0.15, 0.2) is 41.5 Å². The van der Waals surface area contributed by atoms with Gasteiger partial charge in [0.05, 0.1) is 31.2 Å². The first-order chi connectivity index (χ1) is 15.0. The molecule has 8 heteroatoms. The first kappa shape index (κ1) is 20.8. The molecule has 31 heavy (non-hydrogen) atoms. The van der Waals surface area contributed by atoms with E-state index in [0.717, 1.165) is 24.8 Å². The third kappa shape index (κ3) is 3.97. The molecule has 0 radical (unpaired) electrons. The number of nitrogens with zero attached hydrogens (tertiary/aromatic N) is 4. The molecule has 1 amide bonds. The third-order valence-corrected chi connectivity index (χ3v) is 5.84. The van der Waals surface area contributed by atoms with Crippen LogP contribution in [0.4, 0.5) is 0 Å². The van der Waals surface area contributed by atoms with Crippen LogP contribution in [0.5, 0.6) is 11.5 Å². The van der Waals surface area contributed by atoms with E-state index < -0.39 is 0 Å². The molecule has 162 valence electrons. The van der Waals surface area contributed by atoms with Crippen molar-refractivity contribution in [2.45, 2.75) is 38.8 Å². The SMILES string of the molecule is COc1cc2nc(C)n(CC(=O)N3CCCC[C@H]3c3cccnc3)c(=O)c2cc1OC. The maximum absolute atomic E-state index is 13.3. The Labute approximate surface area is 180 Å². The molecule has 1 fully saturated rings. The normalized spacial score (nSPS) is 16.4. The van der Waals surface area contributed by atoms with Crippen molar-refractivity contribution in [1.82, 2.24) is 19.4 Å². The molecule has 0 aliphatic carbocycles. The first-order valence-corrected chi connectivity index (χ1v) is 10.4. The van der Waals surface area contributed by atoms with Crippen molar-refractivity contribution in [3.8, 4) is 11.5 Å². The van der Waals surface area contributed by atoms with Gasteiger partial charge in [-0.2, -0.15) is 0 Å². The summed E-state index contributed by atoms with van der Waals surface area (Å²) in [5.41, 5.74) is 1.26. The number of methoxy groups -OCH3 is 2. The standard InChI is InChI=1S/C23H26N4O4/c1-15-25-18-12-21(31-3)20(30-2)11-17(18)23(29)27(15)14-22(28)26-10-5-4-8-19(26)16-7-6-9-24-13-16/h6-7,9,11-13,19H,4-5,8,10,14H2,1-3H3/t19-/m0/s1. The average Bonchev–Trinajstić information content (AvgIpc) is 2.81. The number of carbonyl (C=O) groups is 1. The second-order valence-corrected chi connectivity index (χ2v) is 7.66. The third-order valence-electron chi connectivity index (χ3n) is 5.84. The van der Waals surface area contributed by atoms with E-state index in [9.17, 15) is 9.59 Å². The van der Waals surface area contributed by atoms with Crippen LogP contribution in [0.25, 0.3) is 10.9 Å². The van der Waals surface area contributed by atoms with E-state index in [1.165, 1.54) is 18.8 Å². The molecule has 1 aliphatic heterocycles. The number of benzene rings is 1. The van der Waals surface area contributed by atoms with Gasteiger partial charge < -0.3 is 14.4 Å². The molecule has 4 rings (SSSR count). The Kier molecular flexibility index (Phi) is 5.88. The van der Waals surface area contributed by atoms with E-state index in [1.54, 1.807) is 25.3 Å². The molecule has 0 spiro atoms. The monoisotopic (exact) mass is 422 g/mol. The molecule has 1 aliphatic rings. The number of piperidine rings is 1. The summed E-state index contributed by atoms with van der Waals surface area (Å²) >= 11 is 0. The summed E-state index contributed by atoms with van der Waals surface area (Å²) in [7, 11) is 3.05. The van der Waals surface area contributed by atoms with E-state index in [0.29, 0.717) is 34.8 Å². The van der Waals surface area contributed by atoms with Crippen LogP contribution in [-0.2, 0) is 11.3 Å². The molecule has 3 heterocycles. The summed E-state index contributed by atoms with van der Waals surface area (Å²) in [6.45, 7) is 2.34. The number of fused-ring (bicyclic) bond motifs is 1. The van der Waals surface area contributed by atoms with Crippen molar-refractivity contribution in [3.05, 3.63) is 58.4 Å². The number of pyridine rings is 1. The number of amides is 1. The Morgan fingerprint density at radius 1 is 1.19 bits per heavy atom. The lowest BCUT2D eigenvalue weighted by molar-refractivity contribution is -0.135. The highest BCUT2D eigenvalue weighted by Gasteiger charge is 2.29. The number of likely N-dealkylation sites (tertiary alicyclic amines) is 1. The minimum Gasteiger partial charge on any atom is -0.493 e. The molecule has 0 saturated carbocycles. The lowest BCUT2D eigenvalue weighted by Crippen LogP contribution is -2.42. The van der Waals surface area contributed by atoms with Crippen molar-refractivity contribution in [2.24, 2.45) is 0 Å². The molecule has 1 atom stereocenters. The second kappa shape index (κ2) is 8.75. The van der Waals surface area contributed by atoms with E-state index in [1.807, 2.05) is 23.2 Å². The summed E-state index contributed by atoms with van der Waals surface area (Å²) in [4.78, 5) is 37.1. The Hall–Kier alpha value is -3.42. The average molecular weight is 422 g/mol. The Morgan fingerprint density at radius 2 is 1.97 bits per heavy atom. The second-order valence-electron chi connectivity index (χ2n) is 7.66. The zero-order valence-corrected chi connectivity index (χ0v) is 18.0. The van der Waals surface area contributed by atoms with Gasteiger partial charge in [0.15, 0.2) is 11.5 Å². The van der Waals surface area contributed by atoms with Crippen LogP contribution < -0.4 is 15.0 Å².